The lowest BCUT2D eigenvalue weighted by atomic mass is 10.2. The van der Waals surface area contributed by atoms with Gasteiger partial charge in [-0.05, 0) is 6.92 Å². The van der Waals surface area contributed by atoms with E-state index in [2.05, 4.69) is 25.8 Å². The third-order valence-electron chi connectivity index (χ3n) is 3.49. The number of aromatic nitrogens is 3. The standard InChI is InChI=1S/C17H16ClN5O4/c1-9-4-15(23-27-9)22-17(24)12-7-20-16(8-19-12)21-11-6-13(25-2)10(18)5-14(11)26-3/h4-8H,1-3H3,(H,20,21)(H,22,23,24). The summed E-state index contributed by atoms with van der Waals surface area (Å²) in [6.45, 7) is 1.73. The summed E-state index contributed by atoms with van der Waals surface area (Å²) in [5.41, 5.74) is 0.713. The topological polar surface area (TPSA) is 111 Å². The van der Waals surface area contributed by atoms with E-state index >= 15 is 0 Å². The van der Waals surface area contributed by atoms with Gasteiger partial charge in [0.25, 0.3) is 5.91 Å². The van der Waals surface area contributed by atoms with Gasteiger partial charge in [-0.25, -0.2) is 9.97 Å². The van der Waals surface area contributed by atoms with Crippen LogP contribution in [0.25, 0.3) is 0 Å². The van der Waals surface area contributed by atoms with E-state index < -0.39 is 5.91 Å². The van der Waals surface area contributed by atoms with Gasteiger partial charge in [0.2, 0.25) is 0 Å². The second kappa shape index (κ2) is 7.92. The van der Waals surface area contributed by atoms with Crippen molar-refractivity contribution in [3.63, 3.8) is 0 Å². The van der Waals surface area contributed by atoms with Crippen LogP contribution < -0.4 is 20.1 Å². The Morgan fingerprint density at radius 2 is 1.85 bits per heavy atom. The lowest BCUT2D eigenvalue weighted by Gasteiger charge is -2.13. The highest BCUT2D eigenvalue weighted by Gasteiger charge is 2.13. The van der Waals surface area contributed by atoms with Gasteiger partial charge < -0.3 is 24.6 Å². The number of nitrogens with zero attached hydrogens (tertiary/aromatic N) is 3. The first-order chi connectivity index (χ1) is 13.0. The van der Waals surface area contributed by atoms with Crippen molar-refractivity contribution in [1.29, 1.82) is 0 Å². The van der Waals surface area contributed by atoms with Crippen LogP contribution in [0.1, 0.15) is 16.2 Å². The minimum atomic E-state index is -0.451. The van der Waals surface area contributed by atoms with Crippen LogP contribution in [0.3, 0.4) is 0 Å². The monoisotopic (exact) mass is 389 g/mol. The molecule has 0 aliphatic carbocycles. The highest BCUT2D eigenvalue weighted by Crippen LogP contribution is 2.36. The molecule has 0 radical (unpaired) electrons. The van der Waals surface area contributed by atoms with Crippen LogP contribution in [0.2, 0.25) is 5.02 Å². The summed E-state index contributed by atoms with van der Waals surface area (Å²) in [4.78, 5) is 20.4. The van der Waals surface area contributed by atoms with Gasteiger partial charge >= 0.3 is 0 Å². The molecule has 0 saturated heterocycles. The lowest BCUT2D eigenvalue weighted by molar-refractivity contribution is 0.102. The van der Waals surface area contributed by atoms with E-state index in [4.69, 9.17) is 25.6 Å². The minimum Gasteiger partial charge on any atom is -0.495 e. The van der Waals surface area contributed by atoms with Crippen molar-refractivity contribution in [2.75, 3.05) is 24.9 Å². The van der Waals surface area contributed by atoms with Gasteiger partial charge in [0.1, 0.15) is 28.8 Å². The lowest BCUT2D eigenvalue weighted by Crippen LogP contribution is -2.14. The second-order valence-corrected chi connectivity index (χ2v) is 5.78. The number of ether oxygens (including phenoxy) is 2. The molecule has 2 heterocycles. The summed E-state index contributed by atoms with van der Waals surface area (Å²) in [5, 5.41) is 9.73. The van der Waals surface area contributed by atoms with Gasteiger partial charge in [-0.2, -0.15) is 0 Å². The Bertz CT molecular complexity index is 958. The summed E-state index contributed by atoms with van der Waals surface area (Å²) in [7, 11) is 3.04. The third-order valence-corrected chi connectivity index (χ3v) is 3.79. The number of rotatable bonds is 6. The fraction of sp³-hybridized carbons (Fsp3) is 0.176. The molecule has 3 aromatic rings. The molecule has 0 unspecified atom stereocenters. The van der Waals surface area contributed by atoms with E-state index in [1.54, 1.807) is 25.1 Å². The highest BCUT2D eigenvalue weighted by molar-refractivity contribution is 6.32. The molecule has 9 nitrogen and oxygen atoms in total. The van der Waals surface area contributed by atoms with Crippen molar-refractivity contribution in [1.82, 2.24) is 15.1 Å². The molecule has 0 aliphatic rings. The number of benzene rings is 1. The summed E-state index contributed by atoms with van der Waals surface area (Å²) >= 11 is 6.09. The SMILES string of the molecule is COc1cc(Nc2cnc(C(=O)Nc3cc(C)on3)cn2)c(OC)cc1Cl. The molecular weight excluding hydrogens is 374 g/mol. The zero-order valence-electron chi connectivity index (χ0n) is 14.7. The van der Waals surface area contributed by atoms with E-state index in [1.807, 2.05) is 0 Å². The number of hydrogen-bond acceptors (Lipinski definition) is 8. The maximum Gasteiger partial charge on any atom is 0.277 e. The number of carbonyl (C=O) groups excluding carboxylic acids is 1. The Morgan fingerprint density at radius 3 is 2.44 bits per heavy atom. The molecule has 1 aromatic carbocycles. The van der Waals surface area contributed by atoms with Crippen molar-refractivity contribution in [3.8, 4) is 11.5 Å². The first kappa shape index (κ1) is 18.5. The van der Waals surface area contributed by atoms with E-state index in [0.717, 1.165) is 0 Å². The Hall–Kier alpha value is -3.33. The molecular formula is C17H16ClN5O4. The Balaban J connectivity index is 1.75. The molecule has 3 rings (SSSR count). The smallest absolute Gasteiger partial charge is 0.277 e. The number of anilines is 3. The van der Waals surface area contributed by atoms with Crippen LogP contribution >= 0.6 is 11.6 Å². The maximum absolute atomic E-state index is 12.1. The first-order valence-electron chi connectivity index (χ1n) is 7.75. The molecule has 0 aliphatic heterocycles. The number of methoxy groups -OCH3 is 2. The largest absolute Gasteiger partial charge is 0.495 e. The summed E-state index contributed by atoms with van der Waals surface area (Å²) < 4.78 is 15.4. The van der Waals surface area contributed by atoms with Crippen LogP contribution in [0.4, 0.5) is 17.3 Å². The first-order valence-corrected chi connectivity index (χ1v) is 8.13. The Labute approximate surface area is 159 Å². The predicted molar refractivity (Wildman–Crippen MR) is 99.1 cm³/mol. The van der Waals surface area contributed by atoms with E-state index in [0.29, 0.717) is 39.6 Å². The van der Waals surface area contributed by atoms with Crippen molar-refractivity contribution in [2.45, 2.75) is 6.92 Å². The van der Waals surface area contributed by atoms with Crippen molar-refractivity contribution < 1.29 is 18.8 Å². The quantitative estimate of drug-likeness (QED) is 0.659. The number of nitrogens with one attached hydrogen (secondary N) is 2. The molecule has 10 heteroatoms. The van der Waals surface area contributed by atoms with Crippen LogP contribution in [-0.4, -0.2) is 35.3 Å². The van der Waals surface area contributed by atoms with Crippen molar-refractivity contribution >= 4 is 34.8 Å². The zero-order valence-corrected chi connectivity index (χ0v) is 15.5. The average Bonchev–Trinajstić information content (AvgIpc) is 3.08. The number of amides is 1. The van der Waals surface area contributed by atoms with E-state index in [1.165, 1.54) is 26.6 Å². The van der Waals surface area contributed by atoms with Crippen LogP contribution in [-0.2, 0) is 0 Å². The van der Waals surface area contributed by atoms with Gasteiger partial charge in [-0.3, -0.25) is 4.79 Å². The normalized spacial score (nSPS) is 10.4. The third kappa shape index (κ3) is 4.26. The molecule has 2 N–H and O–H groups in total. The Kier molecular flexibility index (Phi) is 5.41. The van der Waals surface area contributed by atoms with E-state index in [-0.39, 0.29) is 5.69 Å². The maximum atomic E-state index is 12.1. The fourth-order valence-electron chi connectivity index (χ4n) is 2.21. The predicted octanol–water partition coefficient (Wildman–Crippen LogP) is 3.44. The van der Waals surface area contributed by atoms with Gasteiger partial charge in [-0.15, -0.1) is 0 Å². The molecule has 0 atom stereocenters. The molecule has 2 aromatic heterocycles. The number of halogens is 1. The van der Waals surface area contributed by atoms with Crippen LogP contribution in [0.5, 0.6) is 11.5 Å². The second-order valence-electron chi connectivity index (χ2n) is 5.38. The minimum absolute atomic E-state index is 0.127. The molecule has 27 heavy (non-hydrogen) atoms. The highest BCUT2D eigenvalue weighted by atomic mass is 35.5. The summed E-state index contributed by atoms with van der Waals surface area (Å²) in [5.74, 6) is 1.83. The molecule has 140 valence electrons. The number of hydrogen-bond donors (Lipinski definition) is 2. The van der Waals surface area contributed by atoms with E-state index in [9.17, 15) is 4.79 Å². The van der Waals surface area contributed by atoms with Crippen molar-refractivity contribution in [3.05, 3.63) is 47.1 Å². The average molecular weight is 390 g/mol. The molecule has 1 amide bonds. The number of carbonyl (C=O) groups is 1. The summed E-state index contributed by atoms with van der Waals surface area (Å²) in [6.07, 6.45) is 2.76. The van der Waals surface area contributed by atoms with Gasteiger partial charge in [-0.1, -0.05) is 16.8 Å². The van der Waals surface area contributed by atoms with Gasteiger partial charge in [0, 0.05) is 18.2 Å². The molecule has 0 spiro atoms. The molecule has 0 bridgehead atoms. The molecule has 0 saturated carbocycles. The molecule has 0 fully saturated rings. The van der Waals surface area contributed by atoms with Crippen molar-refractivity contribution in [2.24, 2.45) is 0 Å². The zero-order chi connectivity index (χ0) is 19.4. The fourth-order valence-corrected chi connectivity index (χ4v) is 2.44. The Morgan fingerprint density at radius 1 is 1.07 bits per heavy atom. The van der Waals surface area contributed by atoms with Gasteiger partial charge in [0.15, 0.2) is 5.82 Å². The van der Waals surface area contributed by atoms with Crippen LogP contribution in [0.15, 0.2) is 35.1 Å². The summed E-state index contributed by atoms with van der Waals surface area (Å²) in [6, 6.07) is 4.90. The van der Waals surface area contributed by atoms with Gasteiger partial charge in [0.05, 0.1) is 37.3 Å². The number of aryl methyl sites for hydroxylation is 1. The van der Waals surface area contributed by atoms with Crippen LogP contribution in [0, 0.1) is 6.92 Å².